The zero-order valence-electron chi connectivity index (χ0n) is 15.9. The van der Waals surface area contributed by atoms with Gasteiger partial charge in [-0.15, -0.1) is 0 Å². The van der Waals surface area contributed by atoms with Gasteiger partial charge in [-0.25, -0.2) is 0 Å². The third-order valence-corrected chi connectivity index (χ3v) is 6.35. The highest BCUT2D eigenvalue weighted by Gasteiger charge is 2.37. The molecule has 1 aromatic carbocycles. The first-order valence-corrected chi connectivity index (χ1v) is 10.1. The molecular weight excluding hydrogens is 318 g/mol. The molecule has 1 aromatic heterocycles. The van der Waals surface area contributed by atoms with Crippen LogP contribution in [0.1, 0.15) is 74.4 Å². The van der Waals surface area contributed by atoms with E-state index in [1.165, 1.54) is 54.5 Å². The van der Waals surface area contributed by atoms with Gasteiger partial charge in [0.2, 0.25) is 0 Å². The largest absolute Gasteiger partial charge is 0.508 e. The van der Waals surface area contributed by atoms with Crippen molar-refractivity contribution in [1.29, 1.82) is 0 Å². The number of hydrogen-bond acceptors (Lipinski definition) is 2. The SMILES string of the molecule is C=C(O)c1c(C2(C)CCCC2)nc2c(c1-c1ccccc1)CCCCC2. The Kier molecular flexibility index (Phi) is 4.60. The van der Waals surface area contributed by atoms with Crippen LogP contribution >= 0.6 is 0 Å². The first-order chi connectivity index (χ1) is 12.6. The van der Waals surface area contributed by atoms with Crippen molar-refractivity contribution in [3.63, 3.8) is 0 Å². The fourth-order valence-corrected chi connectivity index (χ4v) is 4.95. The van der Waals surface area contributed by atoms with Crippen molar-refractivity contribution < 1.29 is 5.11 Å². The average Bonchev–Trinajstić information content (AvgIpc) is 2.96. The molecule has 1 heterocycles. The van der Waals surface area contributed by atoms with Crippen LogP contribution in [0.3, 0.4) is 0 Å². The first kappa shape index (κ1) is 17.3. The standard InChI is InChI=1S/C24H29NO/c1-17(26)21-22(18-11-5-3-6-12-18)19-13-7-4-8-14-20(19)25-23(21)24(2)15-9-10-16-24/h3,5-6,11-12,26H,1,4,7-10,13-16H2,2H3. The number of pyridine rings is 1. The molecule has 0 unspecified atom stereocenters. The molecule has 2 aliphatic carbocycles. The highest BCUT2D eigenvalue weighted by atomic mass is 16.3. The lowest BCUT2D eigenvalue weighted by Gasteiger charge is -2.29. The Labute approximate surface area is 157 Å². The van der Waals surface area contributed by atoms with Crippen molar-refractivity contribution in [3.05, 3.63) is 59.4 Å². The number of aliphatic hydroxyl groups excluding tert-OH is 1. The highest BCUT2D eigenvalue weighted by Crippen LogP contribution is 2.46. The molecule has 0 spiro atoms. The second kappa shape index (κ2) is 6.90. The number of aliphatic hydroxyl groups is 1. The smallest absolute Gasteiger partial charge is 0.118 e. The summed E-state index contributed by atoms with van der Waals surface area (Å²) in [4.78, 5) is 5.21. The molecule has 1 N–H and O–H groups in total. The molecule has 1 fully saturated rings. The topological polar surface area (TPSA) is 33.1 Å². The zero-order chi connectivity index (χ0) is 18.1. The Balaban J connectivity index is 2.04. The van der Waals surface area contributed by atoms with E-state index in [1.807, 2.05) is 0 Å². The summed E-state index contributed by atoms with van der Waals surface area (Å²) in [7, 11) is 0. The van der Waals surface area contributed by atoms with Gasteiger partial charge in [0.05, 0.1) is 5.69 Å². The van der Waals surface area contributed by atoms with Crippen LogP contribution in [-0.4, -0.2) is 10.1 Å². The second-order valence-corrected chi connectivity index (χ2v) is 8.28. The Morgan fingerprint density at radius 1 is 1.00 bits per heavy atom. The summed E-state index contributed by atoms with van der Waals surface area (Å²) in [6.07, 6.45) is 10.5. The van der Waals surface area contributed by atoms with Gasteiger partial charge in [-0.2, -0.15) is 0 Å². The van der Waals surface area contributed by atoms with E-state index in [1.54, 1.807) is 0 Å². The minimum Gasteiger partial charge on any atom is -0.508 e. The number of rotatable bonds is 3. The monoisotopic (exact) mass is 347 g/mol. The summed E-state index contributed by atoms with van der Waals surface area (Å²) in [6, 6.07) is 10.5. The maximum absolute atomic E-state index is 10.7. The van der Waals surface area contributed by atoms with Crippen molar-refractivity contribution >= 4 is 5.76 Å². The third-order valence-electron chi connectivity index (χ3n) is 6.35. The van der Waals surface area contributed by atoms with Gasteiger partial charge in [-0.3, -0.25) is 4.98 Å². The summed E-state index contributed by atoms with van der Waals surface area (Å²) in [5, 5.41) is 10.7. The van der Waals surface area contributed by atoms with Crippen LogP contribution in [0.15, 0.2) is 36.9 Å². The van der Waals surface area contributed by atoms with E-state index < -0.39 is 0 Å². The molecule has 0 atom stereocenters. The van der Waals surface area contributed by atoms with E-state index in [4.69, 9.17) is 4.98 Å². The van der Waals surface area contributed by atoms with Gasteiger partial charge < -0.3 is 5.11 Å². The second-order valence-electron chi connectivity index (χ2n) is 8.28. The molecule has 136 valence electrons. The van der Waals surface area contributed by atoms with Crippen LogP contribution in [0.25, 0.3) is 16.9 Å². The van der Waals surface area contributed by atoms with Crippen LogP contribution in [0.2, 0.25) is 0 Å². The predicted octanol–water partition coefficient (Wildman–Crippen LogP) is 6.38. The van der Waals surface area contributed by atoms with Crippen LogP contribution in [-0.2, 0) is 18.3 Å². The summed E-state index contributed by atoms with van der Waals surface area (Å²) < 4.78 is 0. The summed E-state index contributed by atoms with van der Waals surface area (Å²) in [5.74, 6) is 0.173. The van der Waals surface area contributed by atoms with Gasteiger partial charge in [-0.05, 0) is 55.2 Å². The van der Waals surface area contributed by atoms with Crippen LogP contribution in [0.4, 0.5) is 0 Å². The number of benzene rings is 1. The molecule has 1 saturated carbocycles. The van der Waals surface area contributed by atoms with Crippen LogP contribution < -0.4 is 0 Å². The predicted molar refractivity (Wildman–Crippen MR) is 108 cm³/mol. The molecular formula is C24H29NO. The van der Waals surface area contributed by atoms with Crippen molar-refractivity contribution in [1.82, 2.24) is 4.98 Å². The molecule has 2 nitrogen and oxygen atoms in total. The number of hydrogen-bond donors (Lipinski definition) is 1. The van der Waals surface area contributed by atoms with Gasteiger partial charge in [0.1, 0.15) is 5.76 Å². The molecule has 4 rings (SSSR count). The maximum Gasteiger partial charge on any atom is 0.118 e. The van der Waals surface area contributed by atoms with E-state index in [-0.39, 0.29) is 11.2 Å². The highest BCUT2D eigenvalue weighted by molar-refractivity contribution is 5.82. The Bertz CT molecular complexity index is 816. The van der Waals surface area contributed by atoms with Crippen molar-refractivity contribution in [2.75, 3.05) is 0 Å². The average molecular weight is 348 g/mol. The number of aryl methyl sites for hydroxylation is 1. The minimum atomic E-state index is 0.0475. The number of fused-ring (bicyclic) bond motifs is 1. The maximum atomic E-state index is 10.7. The van der Waals surface area contributed by atoms with E-state index >= 15 is 0 Å². The molecule has 2 heteroatoms. The minimum absolute atomic E-state index is 0.0475. The Hall–Kier alpha value is -2.09. The Morgan fingerprint density at radius 2 is 1.69 bits per heavy atom. The molecule has 2 aromatic rings. The van der Waals surface area contributed by atoms with Gasteiger partial charge >= 0.3 is 0 Å². The quantitative estimate of drug-likeness (QED) is 0.516. The lowest BCUT2D eigenvalue weighted by Crippen LogP contribution is -2.23. The van der Waals surface area contributed by atoms with Crippen LogP contribution in [0, 0.1) is 0 Å². The molecule has 0 radical (unpaired) electrons. The zero-order valence-corrected chi connectivity index (χ0v) is 15.9. The Morgan fingerprint density at radius 3 is 2.38 bits per heavy atom. The fourth-order valence-electron chi connectivity index (χ4n) is 4.95. The van der Waals surface area contributed by atoms with Crippen molar-refractivity contribution in [2.45, 2.75) is 70.1 Å². The summed E-state index contributed by atoms with van der Waals surface area (Å²) in [5.41, 5.74) is 7.00. The fraction of sp³-hybridized carbons (Fsp3) is 0.458. The molecule has 0 saturated heterocycles. The van der Waals surface area contributed by atoms with Gasteiger partial charge in [-0.1, -0.05) is 63.1 Å². The van der Waals surface area contributed by atoms with Gasteiger partial charge in [0.15, 0.2) is 0 Å². The van der Waals surface area contributed by atoms with Crippen LogP contribution in [0.5, 0.6) is 0 Å². The summed E-state index contributed by atoms with van der Waals surface area (Å²) in [6.45, 7) is 6.29. The normalized spacial score (nSPS) is 19.0. The summed E-state index contributed by atoms with van der Waals surface area (Å²) >= 11 is 0. The van der Waals surface area contributed by atoms with Crippen molar-refractivity contribution in [2.24, 2.45) is 0 Å². The van der Waals surface area contributed by atoms with E-state index in [9.17, 15) is 5.11 Å². The van der Waals surface area contributed by atoms with E-state index in [2.05, 4.69) is 43.8 Å². The van der Waals surface area contributed by atoms with Crippen molar-refractivity contribution in [3.8, 4) is 11.1 Å². The molecule has 26 heavy (non-hydrogen) atoms. The number of nitrogens with zero attached hydrogens (tertiary/aromatic N) is 1. The molecule has 2 aliphatic rings. The van der Waals surface area contributed by atoms with E-state index in [0.717, 1.165) is 36.9 Å². The van der Waals surface area contributed by atoms with Gasteiger partial charge in [0, 0.05) is 16.7 Å². The number of aromatic nitrogens is 1. The lowest BCUT2D eigenvalue weighted by molar-refractivity contribution is 0.461. The van der Waals surface area contributed by atoms with Gasteiger partial charge in [0.25, 0.3) is 0 Å². The third kappa shape index (κ3) is 2.96. The lowest BCUT2D eigenvalue weighted by atomic mass is 9.78. The molecule has 0 aliphatic heterocycles. The molecule has 0 amide bonds. The first-order valence-electron chi connectivity index (χ1n) is 10.1. The van der Waals surface area contributed by atoms with E-state index in [0.29, 0.717) is 0 Å². The molecule has 0 bridgehead atoms.